The molecular weight excluding hydrogens is 845 g/mol. The van der Waals surface area contributed by atoms with Gasteiger partial charge in [-0.25, -0.2) is 0 Å². The second kappa shape index (κ2) is 15.0. The number of rotatable bonds is 6. The summed E-state index contributed by atoms with van der Waals surface area (Å²) in [6, 6.07) is 86.1. The molecule has 70 heavy (non-hydrogen) atoms. The normalized spacial score (nSPS) is 13.9. The predicted molar refractivity (Wildman–Crippen MR) is 298 cm³/mol. The fraction of sp³-hybridized carbons (Fsp3) is 0.0882. The van der Waals surface area contributed by atoms with Gasteiger partial charge in [-0.3, -0.25) is 0 Å². The minimum Gasteiger partial charge on any atom is -0.309 e. The maximum absolute atomic E-state index is 2.49. The first-order chi connectivity index (χ1) is 34.3. The van der Waals surface area contributed by atoms with Crippen molar-refractivity contribution < 1.29 is 0 Å². The minimum atomic E-state index is -0.287. The molecule has 0 unspecified atom stereocenters. The van der Waals surface area contributed by atoms with Gasteiger partial charge >= 0.3 is 0 Å². The topological polar surface area (TPSA) is 6.48 Å². The summed E-state index contributed by atoms with van der Waals surface area (Å²) < 4.78 is 0. The minimum absolute atomic E-state index is 0.287. The first kappa shape index (κ1) is 40.6. The summed E-state index contributed by atoms with van der Waals surface area (Å²) in [6.07, 6.45) is 0. The van der Waals surface area contributed by atoms with Crippen LogP contribution in [-0.4, -0.2) is 0 Å². The molecule has 0 spiro atoms. The van der Waals surface area contributed by atoms with E-state index in [-0.39, 0.29) is 10.8 Å². The lowest BCUT2D eigenvalue weighted by Crippen LogP contribution is -2.28. The molecule has 12 aromatic carbocycles. The number of anilines is 6. The molecule has 2 heteroatoms. The van der Waals surface area contributed by atoms with Crippen molar-refractivity contribution in [3.05, 3.63) is 253 Å². The SMILES string of the molecule is CC1(C)c2cc(N(c3cccc4ccccc34)c3cccc4ccccc34)ccc2-c2ccc3c4c(ccc1c24)C(C)(C)c1cc(N(c2cccc4ccccc24)c2cccc4ccccc24)ccc1-3. The summed E-state index contributed by atoms with van der Waals surface area (Å²) in [5, 5.41) is 12.6. The molecule has 0 aliphatic heterocycles. The van der Waals surface area contributed by atoms with E-state index in [0.29, 0.717) is 0 Å². The van der Waals surface area contributed by atoms with Gasteiger partial charge in [0, 0.05) is 43.7 Å². The zero-order valence-electron chi connectivity index (χ0n) is 39.8. The summed E-state index contributed by atoms with van der Waals surface area (Å²) in [6.45, 7) is 9.75. The van der Waals surface area contributed by atoms with Crippen molar-refractivity contribution in [3.8, 4) is 22.3 Å². The van der Waals surface area contributed by atoms with Crippen LogP contribution >= 0.6 is 0 Å². The Morgan fingerprint density at radius 3 is 0.871 bits per heavy atom. The first-order valence-corrected chi connectivity index (χ1v) is 24.7. The Balaban J connectivity index is 0.952. The van der Waals surface area contributed by atoms with Crippen LogP contribution < -0.4 is 9.80 Å². The quantitative estimate of drug-likeness (QED) is 0.164. The highest BCUT2D eigenvalue weighted by Gasteiger charge is 2.40. The van der Waals surface area contributed by atoms with Gasteiger partial charge < -0.3 is 9.80 Å². The zero-order chi connectivity index (χ0) is 46.9. The number of benzene rings is 12. The molecule has 0 aromatic heterocycles. The van der Waals surface area contributed by atoms with E-state index >= 15 is 0 Å². The van der Waals surface area contributed by atoms with Crippen LogP contribution in [-0.2, 0) is 10.8 Å². The van der Waals surface area contributed by atoms with E-state index in [4.69, 9.17) is 0 Å². The molecule has 0 bridgehead atoms. The maximum Gasteiger partial charge on any atom is 0.0540 e. The molecule has 0 heterocycles. The largest absolute Gasteiger partial charge is 0.309 e. The fourth-order valence-electron chi connectivity index (χ4n) is 12.6. The first-order valence-electron chi connectivity index (χ1n) is 24.7. The second-order valence-electron chi connectivity index (χ2n) is 20.4. The van der Waals surface area contributed by atoms with Gasteiger partial charge in [0.15, 0.2) is 0 Å². The Morgan fingerprint density at radius 1 is 0.257 bits per heavy atom. The van der Waals surface area contributed by atoms with Crippen LogP contribution in [0.25, 0.3) is 76.1 Å². The van der Waals surface area contributed by atoms with E-state index in [9.17, 15) is 0 Å². The average molecular weight is 895 g/mol. The Morgan fingerprint density at radius 2 is 0.543 bits per heavy atom. The Kier molecular flexibility index (Phi) is 8.71. The summed E-state index contributed by atoms with van der Waals surface area (Å²) in [5.41, 5.74) is 17.1. The van der Waals surface area contributed by atoms with Crippen LogP contribution in [0, 0.1) is 0 Å². The molecule has 2 aliphatic carbocycles. The van der Waals surface area contributed by atoms with Crippen molar-refractivity contribution in [2.24, 2.45) is 0 Å². The van der Waals surface area contributed by atoms with Crippen LogP contribution in [0.5, 0.6) is 0 Å². The molecule has 2 nitrogen and oxygen atoms in total. The molecule has 0 radical (unpaired) electrons. The number of fused-ring (bicyclic) bond motifs is 8. The van der Waals surface area contributed by atoms with Crippen molar-refractivity contribution in [1.82, 2.24) is 0 Å². The molecule has 0 saturated carbocycles. The molecule has 0 saturated heterocycles. The molecule has 332 valence electrons. The molecular formula is C68H50N2. The Labute approximate surface area is 409 Å². The van der Waals surface area contributed by atoms with E-state index in [1.54, 1.807) is 0 Å². The highest BCUT2D eigenvalue weighted by atomic mass is 15.2. The Hall–Kier alpha value is -8.46. The van der Waals surface area contributed by atoms with Gasteiger partial charge in [0.1, 0.15) is 0 Å². The van der Waals surface area contributed by atoms with Gasteiger partial charge in [-0.05, 0) is 125 Å². The average Bonchev–Trinajstić information content (AvgIpc) is 3.40. The molecule has 0 fully saturated rings. The van der Waals surface area contributed by atoms with E-state index in [0.717, 1.165) is 11.4 Å². The lowest BCUT2D eigenvalue weighted by molar-refractivity contribution is 0.633. The van der Waals surface area contributed by atoms with E-state index in [1.165, 1.54) is 121 Å². The van der Waals surface area contributed by atoms with Gasteiger partial charge in [-0.15, -0.1) is 0 Å². The Bertz CT molecular complexity index is 3710. The van der Waals surface area contributed by atoms with Crippen LogP contribution in [0.15, 0.2) is 231 Å². The molecule has 0 atom stereocenters. The third-order valence-electron chi connectivity index (χ3n) is 16.0. The molecule has 2 aliphatic rings. The zero-order valence-corrected chi connectivity index (χ0v) is 39.8. The van der Waals surface area contributed by atoms with Crippen LogP contribution in [0.3, 0.4) is 0 Å². The van der Waals surface area contributed by atoms with Gasteiger partial charge in [-0.2, -0.15) is 0 Å². The van der Waals surface area contributed by atoms with Crippen LogP contribution in [0.4, 0.5) is 34.1 Å². The lowest BCUT2D eigenvalue weighted by Gasteiger charge is -2.41. The van der Waals surface area contributed by atoms with Crippen molar-refractivity contribution in [2.75, 3.05) is 9.80 Å². The molecule has 0 amide bonds. The summed E-state index contributed by atoms with van der Waals surface area (Å²) >= 11 is 0. The van der Waals surface area contributed by atoms with Crippen LogP contribution in [0.1, 0.15) is 49.9 Å². The summed E-state index contributed by atoms with van der Waals surface area (Å²) in [5.74, 6) is 0. The number of nitrogens with zero attached hydrogens (tertiary/aromatic N) is 2. The number of hydrogen-bond acceptors (Lipinski definition) is 2. The fourth-order valence-corrected chi connectivity index (χ4v) is 12.6. The van der Waals surface area contributed by atoms with Crippen molar-refractivity contribution >= 4 is 88.0 Å². The van der Waals surface area contributed by atoms with Gasteiger partial charge in [-0.1, -0.05) is 210 Å². The van der Waals surface area contributed by atoms with Crippen LogP contribution in [0.2, 0.25) is 0 Å². The van der Waals surface area contributed by atoms with Gasteiger partial charge in [0.05, 0.1) is 22.7 Å². The maximum atomic E-state index is 2.49. The highest BCUT2D eigenvalue weighted by molar-refractivity contribution is 6.14. The number of hydrogen-bond donors (Lipinski definition) is 0. The summed E-state index contributed by atoms with van der Waals surface area (Å²) in [4.78, 5) is 4.98. The monoisotopic (exact) mass is 894 g/mol. The molecule has 0 N–H and O–H groups in total. The summed E-state index contributed by atoms with van der Waals surface area (Å²) in [7, 11) is 0. The smallest absolute Gasteiger partial charge is 0.0540 e. The van der Waals surface area contributed by atoms with Gasteiger partial charge in [0.25, 0.3) is 0 Å². The van der Waals surface area contributed by atoms with Crippen molar-refractivity contribution in [1.29, 1.82) is 0 Å². The third-order valence-corrected chi connectivity index (χ3v) is 16.0. The standard InChI is InChI=1S/C68H50N2/c1-67(2)57-39-40-58-66-56(54-36-34-48(42-60(54)68(58,3)4)70(63-31-15-23-45-19-7-11-27-51(45)63)64-32-16-24-46-20-8-12-28-52(46)64)38-37-55(65(57)66)53-35-33-47(41-59(53)67)69(61-29-13-21-43-17-5-9-25-49(43)61)62-30-14-22-44-18-6-10-26-50(44)62/h5-42H,1-4H3. The van der Waals surface area contributed by atoms with Crippen molar-refractivity contribution in [2.45, 2.75) is 38.5 Å². The van der Waals surface area contributed by atoms with Crippen molar-refractivity contribution in [3.63, 3.8) is 0 Å². The van der Waals surface area contributed by atoms with E-state index < -0.39 is 0 Å². The second-order valence-corrected chi connectivity index (χ2v) is 20.4. The highest BCUT2D eigenvalue weighted by Crippen LogP contribution is 2.58. The third kappa shape index (κ3) is 5.80. The van der Waals surface area contributed by atoms with E-state index in [1.807, 2.05) is 0 Å². The predicted octanol–water partition coefficient (Wildman–Crippen LogP) is 19.0. The molecule has 14 rings (SSSR count). The van der Waals surface area contributed by atoms with E-state index in [2.05, 4.69) is 268 Å². The molecule has 12 aromatic rings. The van der Waals surface area contributed by atoms with Gasteiger partial charge in [0.2, 0.25) is 0 Å². The lowest BCUT2D eigenvalue weighted by atomic mass is 9.63.